The second-order valence-electron chi connectivity index (χ2n) is 4.40. The molecule has 0 aliphatic heterocycles. The molecule has 1 unspecified atom stereocenters. The lowest BCUT2D eigenvalue weighted by Crippen LogP contribution is -2.36. The molecule has 1 aromatic carbocycles. The number of carbonyl (C=O) groups is 2. The van der Waals surface area contributed by atoms with Crippen molar-refractivity contribution in [2.24, 2.45) is 0 Å². The van der Waals surface area contributed by atoms with Crippen LogP contribution < -0.4 is 10.1 Å². The molecule has 0 radical (unpaired) electrons. The lowest BCUT2D eigenvalue weighted by atomic mass is 10.00. The highest BCUT2D eigenvalue weighted by atomic mass is 16.5. The van der Waals surface area contributed by atoms with Gasteiger partial charge in [0, 0.05) is 5.56 Å². The van der Waals surface area contributed by atoms with Crippen molar-refractivity contribution >= 4 is 11.8 Å². The van der Waals surface area contributed by atoms with E-state index in [1.165, 1.54) is 0 Å². The van der Waals surface area contributed by atoms with Crippen LogP contribution in [0.5, 0.6) is 5.75 Å². The minimum atomic E-state index is -0.582. The first-order valence-corrected chi connectivity index (χ1v) is 6.55. The van der Waals surface area contributed by atoms with Crippen LogP contribution in [0, 0.1) is 6.92 Å². The summed E-state index contributed by atoms with van der Waals surface area (Å²) in [5.41, 5.74) is 1.43. The molecule has 5 heteroatoms. The number of rotatable bonds is 7. The second-order valence-corrected chi connectivity index (χ2v) is 4.40. The first-order valence-electron chi connectivity index (χ1n) is 6.55. The number of hydrogen-bond acceptors (Lipinski definition) is 5. The molecule has 1 aromatic rings. The minimum absolute atomic E-state index is 0.0221. The molecule has 1 rings (SSSR count). The van der Waals surface area contributed by atoms with E-state index in [4.69, 9.17) is 9.47 Å². The van der Waals surface area contributed by atoms with Crippen LogP contribution in [-0.4, -0.2) is 38.6 Å². The van der Waals surface area contributed by atoms with E-state index in [0.29, 0.717) is 12.2 Å². The van der Waals surface area contributed by atoms with E-state index in [2.05, 4.69) is 5.32 Å². The summed E-state index contributed by atoms with van der Waals surface area (Å²) in [5, 5.41) is 2.86. The van der Waals surface area contributed by atoms with Crippen molar-refractivity contribution in [3.05, 3.63) is 29.3 Å². The van der Waals surface area contributed by atoms with Crippen LogP contribution in [0.4, 0.5) is 0 Å². The highest BCUT2D eigenvalue weighted by molar-refractivity contribution is 6.02. The maximum Gasteiger partial charge on any atom is 0.307 e. The van der Waals surface area contributed by atoms with Crippen LogP contribution in [-0.2, 0) is 9.53 Å². The van der Waals surface area contributed by atoms with Gasteiger partial charge in [-0.15, -0.1) is 0 Å². The summed E-state index contributed by atoms with van der Waals surface area (Å²) < 4.78 is 10.0. The first-order chi connectivity index (χ1) is 9.53. The lowest BCUT2D eigenvalue weighted by Gasteiger charge is -2.15. The van der Waals surface area contributed by atoms with Crippen molar-refractivity contribution in [2.75, 3.05) is 20.8 Å². The van der Waals surface area contributed by atoms with Crippen molar-refractivity contribution in [3.8, 4) is 5.75 Å². The third-order valence-electron chi connectivity index (χ3n) is 3.02. The summed E-state index contributed by atoms with van der Waals surface area (Å²) >= 11 is 0. The van der Waals surface area contributed by atoms with Gasteiger partial charge in [0.1, 0.15) is 5.75 Å². The molecule has 1 atom stereocenters. The average Bonchev–Trinajstić information content (AvgIpc) is 2.44. The zero-order valence-electron chi connectivity index (χ0n) is 12.4. The Bertz CT molecular complexity index is 485. The molecule has 0 aliphatic rings. The highest BCUT2D eigenvalue weighted by Gasteiger charge is 2.22. The van der Waals surface area contributed by atoms with E-state index >= 15 is 0 Å². The third-order valence-corrected chi connectivity index (χ3v) is 3.02. The average molecular weight is 279 g/mol. The number of esters is 1. The molecule has 5 nitrogen and oxygen atoms in total. The molecular weight excluding hydrogens is 258 g/mol. The predicted octanol–water partition coefficient (Wildman–Crippen LogP) is 1.73. The standard InChI is InChI=1S/C15H21NO4/c1-5-20-14(17)9-12(16-3)15(18)11-6-7-13(19-4)10(2)8-11/h6-8,12,16H,5,9H2,1-4H3. The van der Waals surface area contributed by atoms with E-state index in [9.17, 15) is 9.59 Å². The normalized spacial score (nSPS) is 11.8. The number of benzene rings is 1. The Kier molecular flexibility index (Phi) is 6.18. The molecule has 1 N–H and O–H groups in total. The van der Waals surface area contributed by atoms with Gasteiger partial charge in [0.05, 0.1) is 26.2 Å². The van der Waals surface area contributed by atoms with Gasteiger partial charge in [-0.1, -0.05) is 0 Å². The Morgan fingerprint density at radius 2 is 2.05 bits per heavy atom. The van der Waals surface area contributed by atoms with Crippen molar-refractivity contribution in [1.29, 1.82) is 0 Å². The minimum Gasteiger partial charge on any atom is -0.496 e. The van der Waals surface area contributed by atoms with E-state index in [-0.39, 0.29) is 18.2 Å². The van der Waals surface area contributed by atoms with Crippen molar-refractivity contribution in [1.82, 2.24) is 5.32 Å². The van der Waals surface area contributed by atoms with Crippen LogP contribution in [0.2, 0.25) is 0 Å². The van der Waals surface area contributed by atoms with Gasteiger partial charge in [0.25, 0.3) is 0 Å². The van der Waals surface area contributed by atoms with Gasteiger partial charge < -0.3 is 14.8 Å². The van der Waals surface area contributed by atoms with E-state index in [1.54, 1.807) is 39.3 Å². The quantitative estimate of drug-likeness (QED) is 0.608. The first kappa shape index (κ1) is 16.2. The fraction of sp³-hybridized carbons (Fsp3) is 0.467. The molecule has 0 amide bonds. The van der Waals surface area contributed by atoms with Gasteiger partial charge in [-0.05, 0) is 44.7 Å². The van der Waals surface area contributed by atoms with Gasteiger partial charge in [-0.3, -0.25) is 9.59 Å². The molecule has 0 bridgehead atoms. The summed E-state index contributed by atoms with van der Waals surface area (Å²) in [6.07, 6.45) is 0.0221. The Labute approximate surface area is 119 Å². The zero-order chi connectivity index (χ0) is 15.1. The molecule has 0 saturated heterocycles. The monoisotopic (exact) mass is 279 g/mol. The SMILES string of the molecule is CCOC(=O)CC(NC)C(=O)c1ccc(OC)c(C)c1. The molecule has 0 saturated carbocycles. The molecule has 20 heavy (non-hydrogen) atoms. The van der Waals surface area contributed by atoms with Gasteiger partial charge >= 0.3 is 5.97 Å². The van der Waals surface area contributed by atoms with Gasteiger partial charge in [-0.2, -0.15) is 0 Å². The van der Waals surface area contributed by atoms with E-state index in [0.717, 1.165) is 11.3 Å². The Balaban J connectivity index is 2.85. The van der Waals surface area contributed by atoms with Crippen molar-refractivity contribution < 1.29 is 19.1 Å². The maximum atomic E-state index is 12.4. The lowest BCUT2D eigenvalue weighted by molar-refractivity contribution is -0.143. The van der Waals surface area contributed by atoms with Gasteiger partial charge in [-0.25, -0.2) is 0 Å². The molecule has 0 aromatic heterocycles. The fourth-order valence-corrected chi connectivity index (χ4v) is 1.95. The largest absolute Gasteiger partial charge is 0.496 e. The highest BCUT2D eigenvalue weighted by Crippen LogP contribution is 2.19. The number of hydrogen-bond donors (Lipinski definition) is 1. The zero-order valence-corrected chi connectivity index (χ0v) is 12.4. The number of carbonyl (C=O) groups excluding carboxylic acids is 2. The van der Waals surface area contributed by atoms with Crippen molar-refractivity contribution in [3.63, 3.8) is 0 Å². The van der Waals surface area contributed by atoms with E-state index in [1.807, 2.05) is 6.92 Å². The summed E-state index contributed by atoms with van der Waals surface area (Å²) in [7, 11) is 3.24. The molecular formula is C15H21NO4. The summed E-state index contributed by atoms with van der Waals surface area (Å²) in [4.78, 5) is 23.8. The Hall–Kier alpha value is -1.88. The Morgan fingerprint density at radius 1 is 1.35 bits per heavy atom. The van der Waals surface area contributed by atoms with Crippen LogP contribution >= 0.6 is 0 Å². The number of aryl methyl sites for hydroxylation is 1. The van der Waals surface area contributed by atoms with Crippen molar-refractivity contribution in [2.45, 2.75) is 26.3 Å². The Morgan fingerprint density at radius 3 is 2.55 bits per heavy atom. The van der Waals surface area contributed by atoms with E-state index < -0.39 is 6.04 Å². The van der Waals surface area contributed by atoms with Crippen LogP contribution in [0.15, 0.2) is 18.2 Å². The number of likely N-dealkylation sites (N-methyl/N-ethyl adjacent to an activating group) is 1. The predicted molar refractivity (Wildman–Crippen MR) is 76.2 cm³/mol. The topological polar surface area (TPSA) is 64.6 Å². The molecule has 0 aliphatic carbocycles. The third kappa shape index (κ3) is 4.06. The number of nitrogens with one attached hydrogen (secondary N) is 1. The fourth-order valence-electron chi connectivity index (χ4n) is 1.95. The molecule has 0 spiro atoms. The molecule has 0 heterocycles. The molecule has 0 fully saturated rings. The smallest absolute Gasteiger partial charge is 0.307 e. The van der Waals surface area contributed by atoms with Gasteiger partial charge in [0.2, 0.25) is 0 Å². The number of methoxy groups -OCH3 is 1. The van der Waals surface area contributed by atoms with Crippen LogP contribution in [0.25, 0.3) is 0 Å². The summed E-state index contributed by atoms with van der Waals surface area (Å²) in [6, 6.07) is 4.63. The number of Topliss-reactive ketones (excluding diaryl/α,β-unsaturated/α-hetero) is 1. The number of ketones is 1. The summed E-state index contributed by atoms with van der Waals surface area (Å²) in [6.45, 7) is 3.92. The molecule has 110 valence electrons. The number of ether oxygens (including phenoxy) is 2. The van der Waals surface area contributed by atoms with Crippen LogP contribution in [0.3, 0.4) is 0 Å². The van der Waals surface area contributed by atoms with Gasteiger partial charge in [0.15, 0.2) is 5.78 Å². The second kappa shape index (κ2) is 7.65. The van der Waals surface area contributed by atoms with Crippen LogP contribution in [0.1, 0.15) is 29.3 Å². The maximum absolute atomic E-state index is 12.4. The summed E-state index contributed by atoms with van der Waals surface area (Å²) in [5.74, 6) is 0.213.